The molecular formula is C22H23BrN2O6. The maximum atomic E-state index is 12.0. The maximum Gasteiger partial charge on any atom is 0.338 e. The van der Waals surface area contributed by atoms with Gasteiger partial charge in [0.25, 0.3) is 11.8 Å². The molecule has 0 saturated carbocycles. The molecule has 0 aliphatic heterocycles. The normalized spacial score (nSPS) is 10.1. The minimum absolute atomic E-state index is 0.364. The topological polar surface area (TPSA) is 111 Å². The number of rotatable bonds is 10. The minimum Gasteiger partial charge on any atom is -0.462 e. The van der Waals surface area contributed by atoms with E-state index in [0.29, 0.717) is 23.4 Å². The van der Waals surface area contributed by atoms with Crippen LogP contribution < -0.4 is 10.6 Å². The lowest BCUT2D eigenvalue weighted by Crippen LogP contribution is -2.32. The number of halogens is 1. The summed E-state index contributed by atoms with van der Waals surface area (Å²) in [5, 5.41) is 4.98. The van der Waals surface area contributed by atoms with Crippen molar-refractivity contribution in [2.75, 3.05) is 25.1 Å². The molecule has 2 aromatic rings. The van der Waals surface area contributed by atoms with Crippen LogP contribution in [0.5, 0.6) is 0 Å². The van der Waals surface area contributed by atoms with Gasteiger partial charge in [-0.25, -0.2) is 4.79 Å². The van der Waals surface area contributed by atoms with Gasteiger partial charge in [0, 0.05) is 15.7 Å². The highest BCUT2D eigenvalue weighted by atomic mass is 79.9. The lowest BCUT2D eigenvalue weighted by atomic mass is 10.2. The molecule has 8 nitrogen and oxygen atoms in total. The maximum absolute atomic E-state index is 12.0. The lowest BCUT2D eigenvalue weighted by Gasteiger charge is -2.08. The third-order valence-corrected chi connectivity index (χ3v) is 4.47. The van der Waals surface area contributed by atoms with E-state index in [1.165, 1.54) is 12.1 Å². The molecule has 0 aromatic heterocycles. The molecule has 9 heteroatoms. The zero-order valence-electron chi connectivity index (χ0n) is 17.0. The van der Waals surface area contributed by atoms with E-state index in [1.54, 1.807) is 36.4 Å². The van der Waals surface area contributed by atoms with Gasteiger partial charge >= 0.3 is 11.9 Å². The second-order valence-electron chi connectivity index (χ2n) is 6.47. The second kappa shape index (κ2) is 12.5. The Morgan fingerprint density at radius 3 is 2.39 bits per heavy atom. The van der Waals surface area contributed by atoms with Gasteiger partial charge in [-0.15, -0.1) is 0 Å². The van der Waals surface area contributed by atoms with Crippen molar-refractivity contribution in [3.63, 3.8) is 0 Å². The number of hydrogen-bond donors (Lipinski definition) is 2. The van der Waals surface area contributed by atoms with Gasteiger partial charge < -0.3 is 20.1 Å². The molecule has 2 rings (SSSR count). The highest BCUT2D eigenvalue weighted by Gasteiger charge is 2.12. The first-order chi connectivity index (χ1) is 14.9. The molecule has 2 aromatic carbocycles. The SMILES string of the molecule is CCCCOC(=O)c1ccc(NC(=O)COC(=O)CNC(=O)c2cccc(Br)c2)cc1. The number of carbonyl (C=O) groups excluding carboxylic acids is 4. The summed E-state index contributed by atoms with van der Waals surface area (Å²) >= 11 is 3.26. The van der Waals surface area contributed by atoms with Crippen molar-refractivity contribution >= 4 is 45.4 Å². The van der Waals surface area contributed by atoms with Crippen molar-refractivity contribution in [1.82, 2.24) is 5.32 Å². The van der Waals surface area contributed by atoms with E-state index in [-0.39, 0.29) is 6.54 Å². The molecule has 0 fully saturated rings. The van der Waals surface area contributed by atoms with Crippen LogP contribution in [0.4, 0.5) is 5.69 Å². The molecule has 0 radical (unpaired) electrons. The molecule has 0 aliphatic rings. The summed E-state index contributed by atoms with van der Waals surface area (Å²) in [6.45, 7) is 1.49. The van der Waals surface area contributed by atoms with Crippen LogP contribution in [-0.2, 0) is 19.1 Å². The average Bonchev–Trinajstić information content (AvgIpc) is 2.76. The molecule has 0 spiro atoms. The van der Waals surface area contributed by atoms with Crippen molar-refractivity contribution in [3.05, 3.63) is 64.1 Å². The molecule has 164 valence electrons. The fourth-order valence-electron chi connectivity index (χ4n) is 2.36. The van der Waals surface area contributed by atoms with Crippen LogP contribution >= 0.6 is 15.9 Å². The van der Waals surface area contributed by atoms with E-state index < -0.39 is 30.4 Å². The Morgan fingerprint density at radius 1 is 0.968 bits per heavy atom. The molecule has 2 N–H and O–H groups in total. The van der Waals surface area contributed by atoms with Crippen molar-refractivity contribution in [1.29, 1.82) is 0 Å². The smallest absolute Gasteiger partial charge is 0.338 e. The Balaban J connectivity index is 1.71. The van der Waals surface area contributed by atoms with E-state index in [2.05, 4.69) is 26.6 Å². The van der Waals surface area contributed by atoms with Crippen LogP contribution in [0, 0.1) is 0 Å². The van der Waals surface area contributed by atoms with Gasteiger partial charge in [0.2, 0.25) is 0 Å². The number of unbranched alkanes of at least 4 members (excludes halogenated alkanes) is 1. The monoisotopic (exact) mass is 490 g/mol. The molecule has 0 bridgehead atoms. The first-order valence-corrected chi connectivity index (χ1v) is 10.4. The zero-order chi connectivity index (χ0) is 22.6. The second-order valence-corrected chi connectivity index (χ2v) is 7.38. The number of esters is 2. The van der Waals surface area contributed by atoms with Crippen molar-refractivity contribution in [2.45, 2.75) is 19.8 Å². The standard InChI is InChI=1S/C22H23BrN2O6/c1-2-3-11-30-22(29)15-7-9-18(10-8-15)25-19(26)14-31-20(27)13-24-21(28)16-5-4-6-17(23)12-16/h4-10,12H,2-3,11,13-14H2,1H3,(H,24,28)(H,25,26). The zero-order valence-corrected chi connectivity index (χ0v) is 18.6. The third-order valence-electron chi connectivity index (χ3n) is 3.98. The molecule has 0 saturated heterocycles. The molecule has 0 unspecified atom stereocenters. The Labute approximate surface area is 188 Å². The number of benzene rings is 2. The van der Waals surface area contributed by atoms with Crippen LogP contribution in [0.25, 0.3) is 0 Å². The van der Waals surface area contributed by atoms with Crippen LogP contribution in [0.15, 0.2) is 53.0 Å². The van der Waals surface area contributed by atoms with Crippen LogP contribution in [0.1, 0.15) is 40.5 Å². The summed E-state index contributed by atoms with van der Waals surface area (Å²) in [6.07, 6.45) is 1.73. The van der Waals surface area contributed by atoms with Gasteiger partial charge in [0.1, 0.15) is 6.54 Å². The van der Waals surface area contributed by atoms with E-state index in [4.69, 9.17) is 9.47 Å². The van der Waals surface area contributed by atoms with Gasteiger partial charge in [-0.05, 0) is 48.9 Å². The first kappa shape index (κ1) is 24.1. The largest absolute Gasteiger partial charge is 0.462 e. The average molecular weight is 491 g/mol. The number of ether oxygens (including phenoxy) is 2. The first-order valence-electron chi connectivity index (χ1n) is 9.65. The Bertz CT molecular complexity index is 930. The number of amides is 2. The van der Waals surface area contributed by atoms with Crippen LogP contribution in [0.3, 0.4) is 0 Å². The van der Waals surface area contributed by atoms with Crippen molar-refractivity contribution < 1.29 is 28.7 Å². The van der Waals surface area contributed by atoms with E-state index in [9.17, 15) is 19.2 Å². The van der Waals surface area contributed by atoms with Crippen molar-refractivity contribution in [3.8, 4) is 0 Å². The Hall–Kier alpha value is -3.20. The molecule has 0 heterocycles. The van der Waals surface area contributed by atoms with Gasteiger partial charge in [0.05, 0.1) is 12.2 Å². The summed E-state index contributed by atoms with van der Waals surface area (Å²) in [5.74, 6) is -2.16. The fraction of sp³-hybridized carbons (Fsp3) is 0.273. The lowest BCUT2D eigenvalue weighted by molar-refractivity contribution is -0.146. The van der Waals surface area contributed by atoms with Crippen LogP contribution in [-0.4, -0.2) is 43.5 Å². The summed E-state index contributed by atoms with van der Waals surface area (Å²) in [5.41, 5.74) is 1.20. The number of anilines is 1. The molecular weight excluding hydrogens is 468 g/mol. The number of hydrogen-bond acceptors (Lipinski definition) is 6. The van der Waals surface area contributed by atoms with Gasteiger partial charge in [-0.3, -0.25) is 14.4 Å². The predicted molar refractivity (Wildman–Crippen MR) is 118 cm³/mol. The van der Waals surface area contributed by atoms with Crippen LogP contribution in [0.2, 0.25) is 0 Å². The van der Waals surface area contributed by atoms with Gasteiger partial charge in [-0.2, -0.15) is 0 Å². The minimum atomic E-state index is -0.747. The summed E-state index contributed by atoms with van der Waals surface area (Å²) < 4.78 is 10.7. The third kappa shape index (κ3) is 8.59. The number of nitrogens with one attached hydrogen (secondary N) is 2. The summed E-state index contributed by atoms with van der Waals surface area (Å²) in [7, 11) is 0. The Morgan fingerprint density at radius 2 is 1.71 bits per heavy atom. The van der Waals surface area contributed by atoms with E-state index >= 15 is 0 Å². The quantitative estimate of drug-likeness (QED) is 0.390. The van der Waals surface area contributed by atoms with Gasteiger partial charge in [-0.1, -0.05) is 35.3 Å². The molecule has 2 amide bonds. The fourth-order valence-corrected chi connectivity index (χ4v) is 2.76. The van der Waals surface area contributed by atoms with E-state index in [0.717, 1.165) is 17.3 Å². The highest BCUT2D eigenvalue weighted by Crippen LogP contribution is 2.12. The highest BCUT2D eigenvalue weighted by molar-refractivity contribution is 9.10. The molecule has 31 heavy (non-hydrogen) atoms. The summed E-state index contributed by atoms with van der Waals surface area (Å²) in [4.78, 5) is 47.5. The van der Waals surface area contributed by atoms with Crippen molar-refractivity contribution in [2.24, 2.45) is 0 Å². The Kier molecular flexibility index (Phi) is 9.70. The van der Waals surface area contributed by atoms with E-state index in [1.807, 2.05) is 6.92 Å². The van der Waals surface area contributed by atoms with Gasteiger partial charge in [0.15, 0.2) is 6.61 Å². The molecule has 0 aliphatic carbocycles. The number of carbonyl (C=O) groups is 4. The molecule has 0 atom stereocenters. The predicted octanol–water partition coefficient (Wildman–Crippen LogP) is 3.32. The summed E-state index contributed by atoms with van der Waals surface area (Å²) in [6, 6.07) is 12.9.